The summed E-state index contributed by atoms with van der Waals surface area (Å²) < 4.78 is 21.4. The van der Waals surface area contributed by atoms with Crippen LogP contribution in [0.5, 0.6) is 0 Å². The van der Waals surface area contributed by atoms with E-state index in [1.165, 1.54) is 12.1 Å². The van der Waals surface area contributed by atoms with Crippen LogP contribution in [0.4, 0.5) is 0 Å². The number of rotatable bonds is 1. The Morgan fingerprint density at radius 1 is 0.952 bits per heavy atom. The minimum absolute atomic E-state index is 0.143. The van der Waals surface area contributed by atoms with Crippen LogP contribution in [0.3, 0.4) is 0 Å². The van der Waals surface area contributed by atoms with Crippen LogP contribution in [0, 0.1) is 6.92 Å². The second-order valence-corrected chi connectivity index (χ2v) is 15.3. The van der Waals surface area contributed by atoms with Crippen molar-refractivity contribution in [3.05, 3.63) is 29.8 Å². The van der Waals surface area contributed by atoms with Gasteiger partial charge in [-0.05, 0) is 24.1 Å². The summed E-state index contributed by atoms with van der Waals surface area (Å²) >= 11 is 0. The molecule has 1 aromatic carbocycles. The Balaban J connectivity index is 0. The van der Waals surface area contributed by atoms with Gasteiger partial charge in [0.1, 0.15) is 0 Å². The van der Waals surface area contributed by atoms with Crippen molar-refractivity contribution >= 4 is 27.8 Å². The summed E-state index contributed by atoms with van der Waals surface area (Å²) in [6.07, 6.45) is 0. The second-order valence-electron chi connectivity index (χ2n) is 6.75. The molecule has 5 heteroatoms. The number of aryl methyl sites for hydroxylation is 1. The highest BCUT2D eigenvalue weighted by Gasteiger charge is 2.29. The third-order valence-corrected chi connectivity index (χ3v) is 9.42. The largest absolute Gasteiger partial charge is 0.261 e. The van der Waals surface area contributed by atoms with Crippen molar-refractivity contribution in [1.82, 2.24) is 0 Å². The van der Waals surface area contributed by atoms with E-state index in [-0.39, 0.29) is 4.90 Å². The first kappa shape index (κ1) is 23.0. The summed E-state index contributed by atoms with van der Waals surface area (Å²) in [6.45, 7) is 20.1. The first-order chi connectivity index (χ1) is 9.25. The highest BCUT2D eigenvalue weighted by Crippen LogP contribution is 2.35. The van der Waals surface area contributed by atoms with E-state index in [9.17, 15) is 8.42 Å². The van der Waals surface area contributed by atoms with Gasteiger partial charge in [-0.25, -0.2) is 8.42 Å². The zero-order valence-corrected chi connectivity index (χ0v) is 17.5. The van der Waals surface area contributed by atoms with Crippen LogP contribution in [-0.2, 0) is 9.05 Å². The van der Waals surface area contributed by atoms with Gasteiger partial charge >= 0.3 is 0 Å². The van der Waals surface area contributed by atoms with Gasteiger partial charge in [0.15, 0.2) is 0 Å². The van der Waals surface area contributed by atoms with Crippen LogP contribution in [0.25, 0.3) is 0 Å². The minimum atomic E-state index is -3.55. The average molecular weight is 351 g/mol. The van der Waals surface area contributed by atoms with Crippen LogP contribution in [0.1, 0.15) is 40.2 Å². The van der Waals surface area contributed by atoms with E-state index in [2.05, 4.69) is 40.4 Å². The highest BCUT2D eigenvalue weighted by molar-refractivity contribution is 8.13. The van der Waals surface area contributed by atoms with Crippen molar-refractivity contribution in [2.24, 2.45) is 0 Å². The predicted octanol–water partition coefficient (Wildman–Crippen LogP) is 6.07. The van der Waals surface area contributed by atoms with Gasteiger partial charge in [-0.15, -0.1) is 0 Å². The van der Waals surface area contributed by atoms with E-state index in [4.69, 9.17) is 10.7 Å². The van der Waals surface area contributed by atoms with Gasteiger partial charge < -0.3 is 0 Å². The molecule has 0 aliphatic rings. The Bertz CT molecular complexity index is 483. The Morgan fingerprint density at radius 2 is 1.24 bits per heavy atom. The van der Waals surface area contributed by atoms with E-state index < -0.39 is 17.1 Å². The topological polar surface area (TPSA) is 34.1 Å². The Morgan fingerprint density at radius 3 is 1.43 bits per heavy atom. The molecule has 0 spiro atoms. The number of hydrogen-bond acceptors (Lipinski definition) is 2. The monoisotopic (exact) mass is 350 g/mol. The van der Waals surface area contributed by atoms with Crippen molar-refractivity contribution in [1.29, 1.82) is 0 Å². The molecule has 2 nitrogen and oxygen atoms in total. The maximum Gasteiger partial charge on any atom is 0.261 e. The van der Waals surface area contributed by atoms with Crippen molar-refractivity contribution in [2.45, 2.75) is 71.1 Å². The van der Waals surface area contributed by atoms with E-state index in [1.54, 1.807) is 12.1 Å². The molecule has 0 fully saturated rings. The summed E-state index contributed by atoms with van der Waals surface area (Å²) in [7, 11) is 0.677. The smallest absolute Gasteiger partial charge is 0.207 e. The molecular formula is C16H31ClO2SSi. The molecule has 124 valence electrons. The second kappa shape index (κ2) is 8.96. The van der Waals surface area contributed by atoms with Crippen LogP contribution >= 0.6 is 10.7 Å². The summed E-state index contributed by atoms with van der Waals surface area (Å²) in [5.74, 6) is 0. The quantitative estimate of drug-likeness (QED) is 0.454. The van der Waals surface area contributed by atoms with E-state index >= 15 is 0 Å². The lowest BCUT2D eigenvalue weighted by Crippen LogP contribution is -2.32. The Labute approximate surface area is 137 Å². The third-order valence-electron chi connectivity index (χ3n) is 3.55. The summed E-state index contributed by atoms with van der Waals surface area (Å²) in [4.78, 5) is 0.143. The SMILES string of the molecule is CC.CC(C)(C)[Si](C)(C)C.Cc1ccc(S(=O)(=O)Cl)cc1. The van der Waals surface area contributed by atoms with Crippen LogP contribution in [-0.4, -0.2) is 16.5 Å². The minimum Gasteiger partial charge on any atom is -0.207 e. The average Bonchev–Trinajstić information content (AvgIpc) is 2.29. The zero-order chi connectivity index (χ0) is 17.5. The Kier molecular flexibility index (Phi) is 9.79. The molecule has 0 radical (unpaired) electrons. The molecule has 0 aliphatic heterocycles. The lowest BCUT2D eigenvalue weighted by molar-refractivity contribution is 0.609. The standard InChI is InChI=1S/C7H7ClO2S.C7H18Si.C2H6/c1-6-2-4-7(5-3-6)11(8,9)10;1-7(2,3)8(4,5)6;1-2/h2-5H,1H3;1-6H3;1-2H3. The number of benzene rings is 1. The first-order valence-electron chi connectivity index (χ1n) is 7.26. The molecule has 0 aliphatic carbocycles. The fraction of sp³-hybridized carbons (Fsp3) is 0.625. The number of halogens is 1. The molecule has 0 amide bonds. The molecule has 0 heterocycles. The molecule has 0 saturated heterocycles. The van der Waals surface area contributed by atoms with Gasteiger partial charge in [0.2, 0.25) is 0 Å². The van der Waals surface area contributed by atoms with Crippen molar-refractivity contribution in [3.63, 3.8) is 0 Å². The summed E-state index contributed by atoms with van der Waals surface area (Å²) in [6, 6.07) is 6.37. The van der Waals surface area contributed by atoms with Crippen molar-refractivity contribution in [3.8, 4) is 0 Å². The van der Waals surface area contributed by atoms with Crippen molar-refractivity contribution in [2.75, 3.05) is 0 Å². The molecule has 1 rings (SSSR count). The summed E-state index contributed by atoms with van der Waals surface area (Å²) in [5, 5.41) is 0.576. The van der Waals surface area contributed by atoms with Gasteiger partial charge in [-0.3, -0.25) is 0 Å². The van der Waals surface area contributed by atoms with Gasteiger partial charge in [-0.1, -0.05) is 72.0 Å². The van der Waals surface area contributed by atoms with Crippen molar-refractivity contribution < 1.29 is 8.42 Å². The molecular weight excluding hydrogens is 320 g/mol. The third kappa shape index (κ3) is 10.1. The fourth-order valence-electron chi connectivity index (χ4n) is 0.701. The molecule has 1 aromatic rings. The van der Waals surface area contributed by atoms with Gasteiger partial charge in [0.05, 0.1) is 4.90 Å². The lowest BCUT2D eigenvalue weighted by Gasteiger charge is -2.32. The van der Waals surface area contributed by atoms with Gasteiger partial charge in [-0.2, -0.15) is 0 Å². The zero-order valence-electron chi connectivity index (χ0n) is 14.9. The molecule has 0 N–H and O–H groups in total. The number of hydrogen-bond donors (Lipinski definition) is 0. The fourth-order valence-corrected chi connectivity index (χ4v) is 1.47. The molecule has 0 saturated carbocycles. The predicted molar refractivity (Wildman–Crippen MR) is 98.6 cm³/mol. The molecule has 21 heavy (non-hydrogen) atoms. The molecule has 0 atom stereocenters. The van der Waals surface area contributed by atoms with Gasteiger partial charge in [0, 0.05) is 18.8 Å². The van der Waals surface area contributed by atoms with Crippen LogP contribution in [0.2, 0.25) is 24.7 Å². The molecule has 0 aromatic heterocycles. The normalized spacial score (nSPS) is 11.7. The van der Waals surface area contributed by atoms with Gasteiger partial charge in [0.25, 0.3) is 9.05 Å². The maximum absolute atomic E-state index is 10.7. The molecule has 0 unspecified atom stereocenters. The van der Waals surface area contributed by atoms with E-state index in [0.29, 0.717) is 5.04 Å². The van der Waals surface area contributed by atoms with Crippen LogP contribution < -0.4 is 0 Å². The first-order valence-corrected chi connectivity index (χ1v) is 13.1. The highest BCUT2D eigenvalue weighted by atomic mass is 35.7. The maximum atomic E-state index is 10.7. The summed E-state index contributed by atoms with van der Waals surface area (Å²) in [5.41, 5.74) is 1.01. The Hall–Kier alpha value is -0.323. The lowest BCUT2D eigenvalue weighted by atomic mass is 10.2. The van der Waals surface area contributed by atoms with Crippen LogP contribution in [0.15, 0.2) is 29.2 Å². The molecule has 0 bridgehead atoms. The van der Waals surface area contributed by atoms with E-state index in [1.807, 2.05) is 20.8 Å². The van der Waals surface area contributed by atoms with E-state index in [0.717, 1.165) is 5.56 Å².